The molecule has 5 rings (SSSR count). The third kappa shape index (κ3) is 4.97. The van der Waals surface area contributed by atoms with E-state index < -0.39 is 36.6 Å². The van der Waals surface area contributed by atoms with Crippen LogP contribution in [0.25, 0.3) is 21.9 Å². The molecule has 2 aromatic carbocycles. The van der Waals surface area contributed by atoms with Crippen LogP contribution < -0.4 is 11.5 Å². The molecule has 7 N–H and O–H groups in total. The summed E-state index contributed by atoms with van der Waals surface area (Å²) in [6, 6.07) is 13.0. The maximum atomic E-state index is 11.3. The van der Waals surface area contributed by atoms with E-state index in [1.54, 1.807) is 0 Å². The molecule has 0 unspecified atom stereocenters. The summed E-state index contributed by atoms with van der Waals surface area (Å²) < 4.78 is 7.65. The second-order valence-electron chi connectivity index (χ2n) is 9.24. The third-order valence-corrected chi connectivity index (χ3v) is 6.78. The van der Waals surface area contributed by atoms with E-state index in [1.807, 2.05) is 47.4 Å². The number of benzene rings is 2. The minimum absolute atomic E-state index is 0.198. The number of aliphatic hydroxyl groups is 2. The van der Waals surface area contributed by atoms with Crippen molar-refractivity contribution in [2.75, 3.05) is 18.8 Å². The number of hydrogen-bond acceptors (Lipinski definition) is 10. The van der Waals surface area contributed by atoms with Crippen molar-refractivity contribution in [3.05, 3.63) is 60.7 Å². The number of nitrogens with two attached hydrogens (primary N) is 2. The van der Waals surface area contributed by atoms with Crippen molar-refractivity contribution in [3.63, 3.8) is 0 Å². The van der Waals surface area contributed by atoms with E-state index in [9.17, 15) is 20.1 Å². The Labute approximate surface area is 212 Å². The number of carboxylic acids is 1. The van der Waals surface area contributed by atoms with Gasteiger partial charge >= 0.3 is 5.97 Å². The minimum Gasteiger partial charge on any atom is -0.480 e. The first-order valence-electron chi connectivity index (χ1n) is 12.0. The first-order valence-corrected chi connectivity index (χ1v) is 12.0. The normalized spacial score (nSPS) is 22.7. The zero-order valence-electron chi connectivity index (χ0n) is 20.0. The zero-order chi connectivity index (χ0) is 26.1. The molecule has 0 radical (unpaired) electrons. The molecule has 1 aliphatic rings. The van der Waals surface area contributed by atoms with Crippen molar-refractivity contribution < 1.29 is 24.9 Å². The largest absolute Gasteiger partial charge is 0.480 e. The van der Waals surface area contributed by atoms with Crippen LogP contribution in [0.4, 0.5) is 5.82 Å². The van der Waals surface area contributed by atoms with E-state index in [4.69, 9.17) is 16.2 Å². The van der Waals surface area contributed by atoms with Gasteiger partial charge in [-0.25, -0.2) is 15.0 Å². The Balaban J connectivity index is 1.38. The molecule has 194 valence electrons. The highest BCUT2D eigenvalue weighted by Gasteiger charge is 2.45. The lowest BCUT2D eigenvalue weighted by atomic mass is 10.0. The second-order valence-corrected chi connectivity index (χ2v) is 9.24. The lowest BCUT2D eigenvalue weighted by molar-refractivity contribution is -0.138. The number of nitrogen functional groups attached to an aromatic ring is 1. The third-order valence-electron chi connectivity index (χ3n) is 6.78. The SMILES string of the molecule is Nc1ncnc2c1ncn2[C@@H]1O[C@H](CN(CC[C@H](N)C(=O)O)Cc2cccc3ccccc23)[C@@H](O)[C@H]1O. The number of carboxylic acid groups (broad SMARTS) is 1. The number of hydrogen-bond donors (Lipinski definition) is 5. The van der Waals surface area contributed by atoms with E-state index in [0.29, 0.717) is 24.3 Å². The predicted octanol–water partition coefficient (Wildman–Crippen LogP) is 0.485. The fourth-order valence-electron chi connectivity index (χ4n) is 4.77. The highest BCUT2D eigenvalue weighted by Crippen LogP contribution is 2.33. The summed E-state index contributed by atoms with van der Waals surface area (Å²) in [5.41, 5.74) is 13.4. The fourth-order valence-corrected chi connectivity index (χ4v) is 4.77. The quantitative estimate of drug-likeness (QED) is 0.212. The molecule has 1 saturated heterocycles. The highest BCUT2D eigenvalue weighted by molar-refractivity contribution is 5.85. The van der Waals surface area contributed by atoms with Crippen molar-refractivity contribution in [1.29, 1.82) is 0 Å². The van der Waals surface area contributed by atoms with Crippen molar-refractivity contribution in [3.8, 4) is 0 Å². The van der Waals surface area contributed by atoms with Crippen molar-refractivity contribution in [1.82, 2.24) is 24.4 Å². The predicted molar refractivity (Wildman–Crippen MR) is 135 cm³/mol. The van der Waals surface area contributed by atoms with Crippen LogP contribution in [0.1, 0.15) is 18.2 Å². The topological polar surface area (TPSA) is 186 Å². The smallest absolute Gasteiger partial charge is 0.320 e. The summed E-state index contributed by atoms with van der Waals surface area (Å²) in [7, 11) is 0. The van der Waals surface area contributed by atoms with Gasteiger partial charge in [0.25, 0.3) is 0 Å². The molecule has 0 saturated carbocycles. The number of aliphatic hydroxyl groups excluding tert-OH is 2. The Kier molecular flexibility index (Phi) is 7.00. The minimum atomic E-state index is -1.25. The highest BCUT2D eigenvalue weighted by atomic mass is 16.6. The van der Waals surface area contributed by atoms with Crippen LogP contribution in [-0.4, -0.2) is 83.2 Å². The average Bonchev–Trinajstić information content (AvgIpc) is 3.44. The van der Waals surface area contributed by atoms with Gasteiger partial charge in [-0.1, -0.05) is 42.5 Å². The standard InChI is InChI=1S/C25H29N7O5/c26-17(25(35)36)8-9-31(10-15-6-3-5-14-4-1-2-7-16(14)15)11-18-20(33)21(34)24(37-18)32-13-30-19-22(27)28-12-29-23(19)32/h1-7,12-13,17-18,20-21,24,33-34H,8-11,26H2,(H,35,36)(H2,27,28,29)/t17-,18+,20+,21+,24+/m0/s1. The number of fused-ring (bicyclic) bond motifs is 2. The van der Waals surface area contributed by atoms with Gasteiger partial charge in [-0.05, 0) is 22.8 Å². The van der Waals surface area contributed by atoms with Gasteiger partial charge in [-0.3, -0.25) is 14.3 Å². The van der Waals surface area contributed by atoms with Gasteiger partial charge in [0, 0.05) is 19.6 Å². The van der Waals surface area contributed by atoms with Crippen LogP contribution in [-0.2, 0) is 16.1 Å². The Hall–Kier alpha value is -3.68. The molecular formula is C25H29N7O5. The summed E-state index contributed by atoms with van der Waals surface area (Å²) in [6.07, 6.45) is -1.23. The average molecular weight is 508 g/mol. The Morgan fingerprint density at radius 3 is 2.70 bits per heavy atom. The van der Waals surface area contributed by atoms with Crippen molar-refractivity contribution in [2.24, 2.45) is 5.73 Å². The maximum absolute atomic E-state index is 11.3. The number of imidazole rings is 1. The summed E-state index contributed by atoms with van der Waals surface area (Å²) in [5.74, 6) is -0.879. The molecule has 1 fully saturated rings. The number of ether oxygens (including phenoxy) is 1. The summed E-state index contributed by atoms with van der Waals surface area (Å²) in [5, 5.41) is 33.2. The van der Waals surface area contributed by atoms with Gasteiger partial charge in [0.05, 0.1) is 6.33 Å². The second kappa shape index (κ2) is 10.4. The van der Waals surface area contributed by atoms with Crippen molar-refractivity contribution >= 4 is 33.7 Å². The van der Waals surface area contributed by atoms with Crippen LogP contribution >= 0.6 is 0 Å². The van der Waals surface area contributed by atoms with Gasteiger partial charge in [0.1, 0.15) is 36.2 Å². The molecule has 37 heavy (non-hydrogen) atoms. The lowest BCUT2D eigenvalue weighted by Crippen LogP contribution is -2.42. The van der Waals surface area contributed by atoms with E-state index >= 15 is 0 Å². The molecule has 5 atom stereocenters. The van der Waals surface area contributed by atoms with Gasteiger partial charge in [-0.2, -0.15) is 0 Å². The molecule has 0 bridgehead atoms. The summed E-state index contributed by atoms with van der Waals surface area (Å²) in [6.45, 7) is 1.05. The van der Waals surface area contributed by atoms with E-state index in [0.717, 1.165) is 16.3 Å². The monoisotopic (exact) mass is 507 g/mol. The molecule has 0 spiro atoms. The fraction of sp³-hybridized carbons (Fsp3) is 0.360. The molecule has 12 nitrogen and oxygen atoms in total. The van der Waals surface area contributed by atoms with Gasteiger partial charge in [-0.15, -0.1) is 0 Å². The molecule has 0 aliphatic carbocycles. The Morgan fingerprint density at radius 2 is 1.89 bits per heavy atom. The van der Waals surface area contributed by atoms with Crippen LogP contribution in [0.3, 0.4) is 0 Å². The van der Waals surface area contributed by atoms with Gasteiger partial charge < -0.3 is 31.5 Å². The van der Waals surface area contributed by atoms with Gasteiger partial charge in [0.2, 0.25) is 0 Å². The number of carbonyl (C=O) groups is 1. The van der Waals surface area contributed by atoms with Crippen LogP contribution in [0.5, 0.6) is 0 Å². The van der Waals surface area contributed by atoms with Crippen molar-refractivity contribution in [2.45, 2.75) is 43.5 Å². The van der Waals surface area contributed by atoms with Crippen LogP contribution in [0, 0.1) is 0 Å². The van der Waals surface area contributed by atoms with E-state index in [1.165, 1.54) is 17.2 Å². The number of rotatable bonds is 9. The molecule has 4 aromatic rings. The van der Waals surface area contributed by atoms with Crippen LogP contribution in [0.2, 0.25) is 0 Å². The molecule has 1 aliphatic heterocycles. The number of anilines is 1. The number of aromatic nitrogens is 4. The zero-order valence-corrected chi connectivity index (χ0v) is 20.0. The summed E-state index contributed by atoms with van der Waals surface area (Å²) in [4.78, 5) is 25.6. The molecule has 2 aromatic heterocycles. The molecule has 3 heterocycles. The maximum Gasteiger partial charge on any atom is 0.320 e. The number of aliphatic carboxylic acids is 1. The van der Waals surface area contributed by atoms with E-state index in [-0.39, 0.29) is 18.8 Å². The number of nitrogens with zero attached hydrogens (tertiary/aromatic N) is 5. The molecule has 12 heteroatoms. The Morgan fingerprint density at radius 1 is 1.11 bits per heavy atom. The molecule has 0 amide bonds. The summed E-state index contributed by atoms with van der Waals surface area (Å²) >= 11 is 0. The first-order chi connectivity index (χ1) is 17.8. The van der Waals surface area contributed by atoms with Crippen LogP contribution in [0.15, 0.2) is 55.1 Å². The van der Waals surface area contributed by atoms with E-state index in [2.05, 4.69) is 15.0 Å². The first kappa shape index (κ1) is 25.0. The molecular weight excluding hydrogens is 478 g/mol. The van der Waals surface area contributed by atoms with Gasteiger partial charge in [0.15, 0.2) is 17.7 Å². The lowest BCUT2D eigenvalue weighted by Gasteiger charge is -2.28. The Bertz CT molecular complexity index is 1410.